The minimum Gasteiger partial charge on any atom is -0.355 e. The lowest BCUT2D eigenvalue weighted by Gasteiger charge is -2.35. The van der Waals surface area contributed by atoms with Gasteiger partial charge in [-0.2, -0.15) is 4.31 Å². The SMILES string of the molecule is Cc1ccc(S(=O)(=O)N2CCN(c3ccc(N4CCCCC4)nn3)CC2)c(C)c1. The number of anilines is 2. The minimum atomic E-state index is -3.47. The molecule has 2 aliphatic rings. The predicted octanol–water partition coefficient (Wildman–Crippen LogP) is 2.59. The van der Waals surface area contributed by atoms with Gasteiger partial charge in [0.05, 0.1) is 4.90 Å². The van der Waals surface area contributed by atoms with Crippen molar-refractivity contribution >= 4 is 21.7 Å². The molecule has 0 radical (unpaired) electrons. The van der Waals surface area contributed by atoms with Crippen LogP contribution in [0.5, 0.6) is 0 Å². The largest absolute Gasteiger partial charge is 0.355 e. The van der Waals surface area contributed by atoms with Gasteiger partial charge in [-0.15, -0.1) is 10.2 Å². The number of piperazine rings is 1. The summed E-state index contributed by atoms with van der Waals surface area (Å²) in [6.07, 6.45) is 3.71. The molecule has 1 aromatic carbocycles. The maximum absolute atomic E-state index is 13.1. The van der Waals surface area contributed by atoms with E-state index in [0.717, 1.165) is 35.9 Å². The predicted molar refractivity (Wildman–Crippen MR) is 115 cm³/mol. The first-order chi connectivity index (χ1) is 13.9. The fourth-order valence-electron chi connectivity index (χ4n) is 4.16. The van der Waals surface area contributed by atoms with E-state index in [0.29, 0.717) is 31.1 Å². The number of sulfonamides is 1. The Bertz CT molecular complexity index is 948. The molecule has 7 nitrogen and oxygen atoms in total. The first kappa shape index (κ1) is 20.1. The Balaban J connectivity index is 1.41. The van der Waals surface area contributed by atoms with E-state index in [9.17, 15) is 8.42 Å². The monoisotopic (exact) mass is 415 g/mol. The number of aryl methyl sites for hydroxylation is 2. The van der Waals surface area contributed by atoms with Crippen LogP contribution >= 0.6 is 0 Å². The molecule has 2 fully saturated rings. The molecular formula is C21H29N5O2S. The van der Waals surface area contributed by atoms with Crippen molar-refractivity contribution in [2.24, 2.45) is 0 Å². The highest BCUT2D eigenvalue weighted by atomic mass is 32.2. The van der Waals surface area contributed by atoms with Crippen molar-refractivity contribution < 1.29 is 8.42 Å². The van der Waals surface area contributed by atoms with Crippen LogP contribution in [0.4, 0.5) is 11.6 Å². The fourth-order valence-corrected chi connectivity index (χ4v) is 5.79. The van der Waals surface area contributed by atoms with Crippen molar-refractivity contribution in [2.75, 3.05) is 49.1 Å². The minimum absolute atomic E-state index is 0.405. The lowest BCUT2D eigenvalue weighted by molar-refractivity contribution is 0.383. The highest BCUT2D eigenvalue weighted by Gasteiger charge is 2.30. The molecule has 2 aromatic rings. The van der Waals surface area contributed by atoms with Crippen molar-refractivity contribution in [3.8, 4) is 0 Å². The summed E-state index contributed by atoms with van der Waals surface area (Å²) in [4.78, 5) is 4.80. The summed E-state index contributed by atoms with van der Waals surface area (Å²) in [6, 6.07) is 9.53. The summed E-state index contributed by atoms with van der Waals surface area (Å²) < 4.78 is 27.7. The summed E-state index contributed by atoms with van der Waals surface area (Å²) in [5.74, 6) is 1.75. The van der Waals surface area contributed by atoms with Crippen LogP contribution in [0.15, 0.2) is 35.2 Å². The van der Waals surface area contributed by atoms with Gasteiger partial charge < -0.3 is 9.80 Å². The molecular weight excluding hydrogens is 386 g/mol. The first-order valence-corrected chi connectivity index (χ1v) is 11.8. The molecule has 0 N–H and O–H groups in total. The normalized spacial score (nSPS) is 18.8. The molecule has 156 valence electrons. The second-order valence-corrected chi connectivity index (χ2v) is 9.86. The van der Waals surface area contributed by atoms with Gasteiger partial charge in [-0.3, -0.25) is 0 Å². The zero-order chi connectivity index (χ0) is 20.4. The number of rotatable bonds is 4. The molecule has 4 rings (SSSR count). The van der Waals surface area contributed by atoms with Gasteiger partial charge in [0.2, 0.25) is 10.0 Å². The van der Waals surface area contributed by atoms with Crippen molar-refractivity contribution in [2.45, 2.75) is 38.0 Å². The van der Waals surface area contributed by atoms with Crippen molar-refractivity contribution in [3.63, 3.8) is 0 Å². The maximum atomic E-state index is 13.1. The lowest BCUT2D eigenvalue weighted by atomic mass is 10.1. The fraction of sp³-hybridized carbons (Fsp3) is 0.524. The average molecular weight is 416 g/mol. The van der Waals surface area contributed by atoms with E-state index in [2.05, 4.69) is 20.0 Å². The lowest BCUT2D eigenvalue weighted by Crippen LogP contribution is -2.49. The third kappa shape index (κ3) is 4.23. The van der Waals surface area contributed by atoms with Crippen LogP contribution in [-0.2, 0) is 10.0 Å². The van der Waals surface area contributed by atoms with Crippen molar-refractivity contribution in [3.05, 3.63) is 41.5 Å². The Kier molecular flexibility index (Phi) is 5.74. The molecule has 29 heavy (non-hydrogen) atoms. The smallest absolute Gasteiger partial charge is 0.243 e. The summed E-state index contributed by atoms with van der Waals surface area (Å²) in [6.45, 7) is 8.04. The number of piperidine rings is 1. The topological polar surface area (TPSA) is 69.6 Å². The van der Waals surface area contributed by atoms with Crippen molar-refractivity contribution in [1.82, 2.24) is 14.5 Å². The van der Waals surface area contributed by atoms with E-state index >= 15 is 0 Å². The standard InChI is InChI=1S/C21H29N5O2S/c1-17-6-7-19(18(2)16-17)29(27,28)26-14-12-25(13-15-26)21-9-8-20(22-23-21)24-10-4-3-5-11-24/h6-9,16H,3-5,10-15H2,1-2H3. The van der Waals surface area contributed by atoms with Gasteiger partial charge in [0, 0.05) is 39.3 Å². The Hall–Kier alpha value is -2.19. The maximum Gasteiger partial charge on any atom is 0.243 e. The molecule has 0 atom stereocenters. The van der Waals surface area contributed by atoms with Crippen LogP contribution < -0.4 is 9.80 Å². The van der Waals surface area contributed by atoms with Gasteiger partial charge in [0.1, 0.15) is 0 Å². The molecule has 0 unspecified atom stereocenters. The molecule has 2 saturated heterocycles. The Morgan fingerprint density at radius 3 is 1.90 bits per heavy atom. The zero-order valence-electron chi connectivity index (χ0n) is 17.2. The van der Waals surface area contributed by atoms with Gasteiger partial charge in [0.25, 0.3) is 0 Å². The number of aromatic nitrogens is 2. The second-order valence-electron chi connectivity index (χ2n) is 7.96. The third-order valence-corrected chi connectivity index (χ3v) is 7.89. The molecule has 3 heterocycles. The van der Waals surface area contributed by atoms with Crippen LogP contribution in [0.25, 0.3) is 0 Å². The van der Waals surface area contributed by atoms with Gasteiger partial charge in [-0.05, 0) is 56.9 Å². The number of hydrogen-bond donors (Lipinski definition) is 0. The van der Waals surface area contributed by atoms with E-state index in [1.54, 1.807) is 10.4 Å². The average Bonchev–Trinajstić information content (AvgIpc) is 2.74. The van der Waals surface area contributed by atoms with E-state index in [1.807, 2.05) is 38.1 Å². The second kappa shape index (κ2) is 8.28. The van der Waals surface area contributed by atoms with E-state index in [-0.39, 0.29) is 0 Å². The van der Waals surface area contributed by atoms with Crippen LogP contribution in [-0.4, -0.2) is 62.2 Å². The molecule has 1 aromatic heterocycles. The van der Waals surface area contributed by atoms with Crippen LogP contribution in [0.3, 0.4) is 0 Å². The van der Waals surface area contributed by atoms with Gasteiger partial charge in [-0.1, -0.05) is 17.7 Å². The summed E-state index contributed by atoms with van der Waals surface area (Å²) in [5, 5.41) is 8.83. The zero-order valence-corrected chi connectivity index (χ0v) is 18.0. The van der Waals surface area contributed by atoms with Gasteiger partial charge in [0.15, 0.2) is 11.6 Å². The van der Waals surface area contributed by atoms with Crippen LogP contribution in [0.1, 0.15) is 30.4 Å². The number of nitrogens with zero attached hydrogens (tertiary/aromatic N) is 5. The van der Waals surface area contributed by atoms with Gasteiger partial charge >= 0.3 is 0 Å². The summed E-state index contributed by atoms with van der Waals surface area (Å²) >= 11 is 0. The molecule has 0 bridgehead atoms. The van der Waals surface area contributed by atoms with Crippen LogP contribution in [0.2, 0.25) is 0 Å². The highest BCUT2D eigenvalue weighted by molar-refractivity contribution is 7.89. The molecule has 0 amide bonds. The highest BCUT2D eigenvalue weighted by Crippen LogP contribution is 2.24. The molecule has 8 heteroatoms. The first-order valence-electron chi connectivity index (χ1n) is 10.4. The Morgan fingerprint density at radius 2 is 1.34 bits per heavy atom. The number of hydrogen-bond acceptors (Lipinski definition) is 6. The summed E-state index contributed by atoms with van der Waals surface area (Å²) in [5.41, 5.74) is 1.87. The molecule has 0 spiro atoms. The number of benzene rings is 1. The third-order valence-electron chi connectivity index (χ3n) is 5.83. The Labute approximate surface area is 173 Å². The van der Waals surface area contributed by atoms with Crippen LogP contribution in [0, 0.1) is 13.8 Å². The molecule has 0 saturated carbocycles. The van der Waals surface area contributed by atoms with Gasteiger partial charge in [-0.25, -0.2) is 8.42 Å². The molecule has 2 aliphatic heterocycles. The van der Waals surface area contributed by atoms with E-state index in [4.69, 9.17) is 0 Å². The summed E-state index contributed by atoms with van der Waals surface area (Å²) in [7, 11) is -3.47. The van der Waals surface area contributed by atoms with Crippen molar-refractivity contribution in [1.29, 1.82) is 0 Å². The molecule has 0 aliphatic carbocycles. The Morgan fingerprint density at radius 1 is 0.759 bits per heavy atom. The van der Waals surface area contributed by atoms with E-state index < -0.39 is 10.0 Å². The quantitative estimate of drug-likeness (QED) is 0.765. The van der Waals surface area contributed by atoms with E-state index in [1.165, 1.54) is 19.3 Å².